The first kappa shape index (κ1) is 22.2. The fourth-order valence-electron chi connectivity index (χ4n) is 1.63. The lowest BCUT2D eigenvalue weighted by Gasteiger charge is -2.25. The van der Waals surface area contributed by atoms with Crippen molar-refractivity contribution in [3.8, 4) is 0 Å². The highest BCUT2D eigenvalue weighted by Gasteiger charge is 2.31. The Bertz CT molecular complexity index is 442. The van der Waals surface area contributed by atoms with E-state index < -0.39 is 35.2 Å². The van der Waals surface area contributed by atoms with E-state index in [1.807, 2.05) is 0 Å². The summed E-state index contributed by atoms with van der Waals surface area (Å²) in [6.45, 7) is 8.82. The lowest BCUT2D eigenvalue weighted by molar-refractivity contribution is -0.149. The Morgan fingerprint density at radius 1 is 1.04 bits per heavy atom. The standard InChI is InChI=1S/C16H30N2O6/c1-15(2,3)24-14(21)17-10-8-9-11(12(19)22-6)18-13(20)16(4,5)23-7/h11H,8-10H2,1-7H3,(H,17,21)(H,18,20)/t11-/m0/s1. The van der Waals surface area contributed by atoms with Gasteiger partial charge in [-0.05, 0) is 47.5 Å². The molecule has 2 amide bonds. The number of hydrogen-bond donors (Lipinski definition) is 2. The number of nitrogens with one attached hydrogen (secondary N) is 2. The molecule has 0 aromatic heterocycles. The minimum Gasteiger partial charge on any atom is -0.467 e. The molecule has 0 aliphatic rings. The maximum atomic E-state index is 12.1. The molecule has 24 heavy (non-hydrogen) atoms. The molecule has 2 N–H and O–H groups in total. The summed E-state index contributed by atoms with van der Waals surface area (Å²) < 4.78 is 14.9. The molecule has 8 heteroatoms. The van der Waals surface area contributed by atoms with Crippen LogP contribution in [0.4, 0.5) is 4.79 Å². The van der Waals surface area contributed by atoms with Crippen LogP contribution >= 0.6 is 0 Å². The highest BCUT2D eigenvalue weighted by molar-refractivity contribution is 5.89. The third kappa shape index (κ3) is 8.71. The molecule has 0 bridgehead atoms. The van der Waals surface area contributed by atoms with E-state index in [9.17, 15) is 14.4 Å². The summed E-state index contributed by atoms with van der Waals surface area (Å²) >= 11 is 0. The number of ether oxygens (including phenoxy) is 3. The van der Waals surface area contributed by atoms with Crippen LogP contribution in [0.15, 0.2) is 0 Å². The Hall–Kier alpha value is -1.83. The number of hydrogen-bond acceptors (Lipinski definition) is 6. The van der Waals surface area contributed by atoms with Gasteiger partial charge in [-0.25, -0.2) is 9.59 Å². The van der Waals surface area contributed by atoms with Gasteiger partial charge in [0.1, 0.15) is 17.2 Å². The monoisotopic (exact) mass is 346 g/mol. The van der Waals surface area contributed by atoms with Crippen molar-refractivity contribution in [2.75, 3.05) is 20.8 Å². The number of carbonyl (C=O) groups is 3. The van der Waals surface area contributed by atoms with E-state index in [1.165, 1.54) is 14.2 Å². The first-order valence-corrected chi connectivity index (χ1v) is 7.83. The molecular weight excluding hydrogens is 316 g/mol. The van der Waals surface area contributed by atoms with Gasteiger partial charge in [0.05, 0.1) is 7.11 Å². The van der Waals surface area contributed by atoms with Gasteiger partial charge < -0.3 is 24.8 Å². The van der Waals surface area contributed by atoms with Crippen LogP contribution < -0.4 is 10.6 Å². The molecule has 1 atom stereocenters. The maximum Gasteiger partial charge on any atom is 0.407 e. The largest absolute Gasteiger partial charge is 0.467 e. The molecule has 140 valence electrons. The molecular formula is C16H30N2O6. The fraction of sp³-hybridized carbons (Fsp3) is 0.812. The number of amides is 2. The molecule has 0 aromatic rings. The Kier molecular flexibility index (Phi) is 8.74. The first-order valence-electron chi connectivity index (χ1n) is 7.83. The quantitative estimate of drug-likeness (QED) is 0.508. The summed E-state index contributed by atoms with van der Waals surface area (Å²) in [5.74, 6) is -0.965. The average molecular weight is 346 g/mol. The summed E-state index contributed by atoms with van der Waals surface area (Å²) in [5.41, 5.74) is -1.63. The zero-order valence-electron chi connectivity index (χ0n) is 15.6. The lowest BCUT2D eigenvalue weighted by atomic mass is 10.1. The molecule has 0 heterocycles. The molecule has 0 saturated heterocycles. The van der Waals surface area contributed by atoms with Crippen LogP contribution in [-0.4, -0.2) is 56.0 Å². The number of methoxy groups -OCH3 is 2. The SMILES string of the molecule is COC(=O)[C@H](CCCNC(=O)OC(C)(C)C)NC(=O)C(C)(C)OC. The molecule has 0 spiro atoms. The van der Waals surface area contributed by atoms with Crippen LogP contribution in [0.5, 0.6) is 0 Å². The zero-order valence-corrected chi connectivity index (χ0v) is 15.6. The molecule has 0 rings (SSSR count). The van der Waals surface area contributed by atoms with Gasteiger partial charge in [-0.2, -0.15) is 0 Å². The Morgan fingerprint density at radius 2 is 1.62 bits per heavy atom. The van der Waals surface area contributed by atoms with E-state index in [4.69, 9.17) is 14.2 Å². The first-order chi connectivity index (χ1) is 10.9. The van der Waals surface area contributed by atoms with Gasteiger partial charge in [-0.1, -0.05) is 0 Å². The van der Waals surface area contributed by atoms with Crippen LogP contribution in [0.3, 0.4) is 0 Å². The Labute approximate surface area is 143 Å². The summed E-state index contributed by atoms with van der Waals surface area (Å²) in [6.07, 6.45) is 0.252. The van der Waals surface area contributed by atoms with Gasteiger partial charge >= 0.3 is 12.1 Å². The van der Waals surface area contributed by atoms with Crippen molar-refractivity contribution >= 4 is 18.0 Å². The third-order valence-electron chi connectivity index (χ3n) is 3.19. The van der Waals surface area contributed by atoms with E-state index in [1.54, 1.807) is 34.6 Å². The predicted octanol–water partition coefficient (Wildman–Crippen LogP) is 1.37. The maximum absolute atomic E-state index is 12.1. The van der Waals surface area contributed by atoms with Crippen LogP contribution in [0.1, 0.15) is 47.5 Å². The van der Waals surface area contributed by atoms with Crippen LogP contribution in [0.25, 0.3) is 0 Å². The van der Waals surface area contributed by atoms with Crippen molar-refractivity contribution in [3.05, 3.63) is 0 Å². The van der Waals surface area contributed by atoms with Gasteiger partial charge in [0.2, 0.25) is 0 Å². The van der Waals surface area contributed by atoms with Crippen molar-refractivity contribution in [3.63, 3.8) is 0 Å². The smallest absolute Gasteiger partial charge is 0.407 e. The fourth-order valence-corrected chi connectivity index (χ4v) is 1.63. The Morgan fingerprint density at radius 3 is 2.08 bits per heavy atom. The molecule has 0 aliphatic carbocycles. The van der Waals surface area contributed by atoms with Crippen molar-refractivity contribution < 1.29 is 28.6 Å². The average Bonchev–Trinajstić information content (AvgIpc) is 2.47. The molecule has 0 saturated carbocycles. The lowest BCUT2D eigenvalue weighted by Crippen LogP contribution is -2.50. The summed E-state index contributed by atoms with van der Waals surface area (Å²) in [4.78, 5) is 35.4. The van der Waals surface area contributed by atoms with Gasteiger partial charge in [0.25, 0.3) is 5.91 Å². The van der Waals surface area contributed by atoms with Crippen molar-refractivity contribution in [2.45, 2.75) is 64.7 Å². The van der Waals surface area contributed by atoms with Crippen molar-refractivity contribution in [1.29, 1.82) is 0 Å². The molecule has 0 aromatic carbocycles. The normalized spacial score (nSPS) is 13.0. The van der Waals surface area contributed by atoms with E-state index >= 15 is 0 Å². The van der Waals surface area contributed by atoms with Crippen molar-refractivity contribution in [2.24, 2.45) is 0 Å². The minimum absolute atomic E-state index is 0.311. The van der Waals surface area contributed by atoms with E-state index in [0.29, 0.717) is 19.4 Å². The second kappa shape index (κ2) is 9.46. The van der Waals surface area contributed by atoms with Gasteiger partial charge in [-0.15, -0.1) is 0 Å². The van der Waals surface area contributed by atoms with E-state index in [2.05, 4.69) is 10.6 Å². The molecule has 0 unspecified atom stereocenters. The summed E-state index contributed by atoms with van der Waals surface area (Å²) in [5, 5.41) is 5.20. The molecule has 0 aliphatic heterocycles. The number of rotatable bonds is 8. The number of esters is 1. The minimum atomic E-state index is -1.05. The topological polar surface area (TPSA) is 103 Å². The second-order valence-electron chi connectivity index (χ2n) is 6.83. The summed E-state index contributed by atoms with van der Waals surface area (Å²) in [7, 11) is 2.67. The van der Waals surface area contributed by atoms with Gasteiger partial charge in [0, 0.05) is 13.7 Å². The zero-order chi connectivity index (χ0) is 19.0. The van der Waals surface area contributed by atoms with E-state index in [-0.39, 0.29) is 0 Å². The van der Waals surface area contributed by atoms with Gasteiger partial charge in [-0.3, -0.25) is 4.79 Å². The second-order valence-corrected chi connectivity index (χ2v) is 6.83. The highest BCUT2D eigenvalue weighted by Crippen LogP contribution is 2.10. The molecule has 8 nitrogen and oxygen atoms in total. The highest BCUT2D eigenvalue weighted by atomic mass is 16.6. The number of alkyl carbamates (subject to hydrolysis) is 1. The third-order valence-corrected chi connectivity index (χ3v) is 3.19. The molecule has 0 fully saturated rings. The van der Waals surface area contributed by atoms with Crippen molar-refractivity contribution in [1.82, 2.24) is 10.6 Å². The van der Waals surface area contributed by atoms with Crippen LogP contribution in [0.2, 0.25) is 0 Å². The Balaban J connectivity index is 4.44. The predicted molar refractivity (Wildman–Crippen MR) is 88.5 cm³/mol. The molecule has 0 radical (unpaired) electrons. The van der Waals surface area contributed by atoms with Crippen LogP contribution in [0, 0.1) is 0 Å². The number of carbonyl (C=O) groups excluding carboxylic acids is 3. The summed E-state index contributed by atoms with van der Waals surface area (Å²) in [6, 6.07) is -0.808. The van der Waals surface area contributed by atoms with E-state index in [0.717, 1.165) is 0 Å². The van der Waals surface area contributed by atoms with Gasteiger partial charge in [0.15, 0.2) is 0 Å². The van der Waals surface area contributed by atoms with Crippen LogP contribution in [-0.2, 0) is 23.8 Å².